The van der Waals surface area contributed by atoms with Crippen molar-refractivity contribution in [3.63, 3.8) is 0 Å². The first-order valence-corrected chi connectivity index (χ1v) is 53.2. The van der Waals surface area contributed by atoms with Crippen LogP contribution in [0.3, 0.4) is 0 Å². The van der Waals surface area contributed by atoms with Gasteiger partial charge in [0.2, 0.25) is 0 Å². The van der Waals surface area contributed by atoms with E-state index < -0.39 is 61.5 Å². The van der Waals surface area contributed by atoms with Gasteiger partial charge in [0.25, 0.3) is 40.5 Å². The molecule has 4 N–H and O–H groups in total. The van der Waals surface area contributed by atoms with Gasteiger partial charge in [-0.25, -0.2) is 0 Å². The molecule has 25 saturated carbocycles. The minimum absolute atomic E-state index is 0.00440. The Hall–Kier alpha value is -0.360. The maximum Gasteiger partial charge on any atom is 0.268 e. The van der Waals surface area contributed by atoms with Gasteiger partial charge in [-0.1, -0.05) is 58.8 Å². The third-order valence-corrected chi connectivity index (χ3v) is 50.9. The molecule has 0 saturated heterocycles. The molecule has 0 aromatic carbocycles. The molecule has 0 aromatic rings. The molecule has 25 aliphatic carbocycles. The van der Waals surface area contributed by atoms with Crippen molar-refractivity contribution in [3.8, 4) is 0 Å². The second-order valence-corrected chi connectivity index (χ2v) is 52.8. The molecule has 25 rings (SSSR count). The Morgan fingerprint density at radius 2 is 0.664 bits per heavy atom. The van der Waals surface area contributed by atoms with E-state index in [2.05, 4.69) is 20.3 Å². The van der Waals surface area contributed by atoms with Crippen LogP contribution in [-0.4, -0.2) is 72.9 Å². The van der Waals surface area contributed by atoms with E-state index in [-0.39, 0.29) is 35.5 Å². The molecule has 593 valence electrons. The summed E-state index contributed by atoms with van der Waals surface area (Å²) in [6.45, 7) is 4.65. The third-order valence-electron chi connectivity index (χ3n) is 45.6. The van der Waals surface area contributed by atoms with Crippen LogP contribution >= 0.6 is 0 Å². The second-order valence-electron chi connectivity index (χ2n) is 46.3. The fourth-order valence-corrected chi connectivity index (χ4v) is 50.8. The second kappa shape index (κ2) is 23.8. The Bertz CT molecular complexity index is 4090. The van der Waals surface area contributed by atoms with Gasteiger partial charge in [-0.15, -0.1) is 0 Å². The van der Waals surface area contributed by atoms with E-state index in [0.29, 0.717) is 274 Å². The first-order chi connectivity index (χ1) is 51.5. The van der Waals surface area contributed by atoms with Gasteiger partial charge < -0.3 is 0 Å². The highest BCUT2D eigenvalue weighted by Gasteiger charge is 2.81. The third kappa shape index (κ3) is 9.12. The highest BCUT2D eigenvalue weighted by atomic mass is 32.2. The topological polar surface area (TPSA) is 217 Å². The zero-order chi connectivity index (χ0) is 71.9. The van der Waals surface area contributed by atoms with Crippen molar-refractivity contribution >= 4 is 40.5 Å². The van der Waals surface area contributed by atoms with Crippen LogP contribution in [0, 0.1) is 302 Å². The van der Waals surface area contributed by atoms with E-state index in [9.17, 15) is 43.5 Å². The van der Waals surface area contributed by atoms with E-state index >= 15 is 8.42 Å². The lowest BCUT2D eigenvalue weighted by atomic mass is 9.25. The maximum atomic E-state index is 15.3. The van der Waals surface area contributed by atoms with E-state index in [4.69, 9.17) is 0 Å². The molecule has 107 heavy (non-hydrogen) atoms. The van der Waals surface area contributed by atoms with E-state index in [1.165, 1.54) is 103 Å². The fourth-order valence-electron chi connectivity index (χ4n) is 45.6. The standard InChI is InChI=1S/C91H133O12S4/c1-3-7-38-9-5-12-55-58(38)35-60-61-30-41-14-13-39-15-19-54-63-36-62-53-21-17-44-33-68(104(92,93)94)56-22-18-42-29-59(48-23-24-51-49-11-6-10-47-40(8-4-2)28-65-69(105(95,96)97)34-43-16-20-50(48)80(51)74(43)87(65)79(47)49)52-25-26-57(86-82(52)75(42)85(56)76(44)83(53)86)78(62)67-37-70(106(98,99)100)66-32-46-27-45(31-64(60)91(55)107(101,102)103)71(61)89-73(41)72(39)84(54)90(77(46)89)88(66)81(63)67/h14,38-91H,3-13,15-37H2,1-2H3,(H,92,93,94)(H,95,96,97)(H,98,99,100)(H,101,102,103). The summed E-state index contributed by atoms with van der Waals surface area (Å²) in [6, 6.07) is 0. The monoisotopic (exact) mass is 1550 g/mol. The predicted molar refractivity (Wildman–Crippen MR) is 408 cm³/mol. The lowest BCUT2D eigenvalue weighted by Gasteiger charge is -2.80. The molecular formula is C91H133O12S4. The van der Waals surface area contributed by atoms with Crippen LogP contribution in [0.5, 0.6) is 0 Å². The molecular weight excluding hydrogens is 1410 g/mol. The minimum atomic E-state index is -4.45. The molecule has 16 heteroatoms. The van der Waals surface area contributed by atoms with Gasteiger partial charge in [0, 0.05) is 0 Å². The van der Waals surface area contributed by atoms with Gasteiger partial charge in [-0.05, 0) is 476 Å². The van der Waals surface area contributed by atoms with Crippen molar-refractivity contribution in [1.82, 2.24) is 0 Å². The number of fused-ring (bicyclic) bond motifs is 9. The average molecular weight is 1550 g/mol. The minimum Gasteiger partial charge on any atom is -0.285 e. The highest BCUT2D eigenvalue weighted by Crippen LogP contribution is 2.85. The van der Waals surface area contributed by atoms with Crippen molar-refractivity contribution < 1.29 is 51.9 Å². The van der Waals surface area contributed by atoms with Gasteiger partial charge in [-0.3, -0.25) is 18.2 Å². The Balaban J connectivity index is 0.597. The molecule has 25 fully saturated rings. The van der Waals surface area contributed by atoms with Crippen LogP contribution in [0.1, 0.15) is 232 Å². The largest absolute Gasteiger partial charge is 0.285 e. The summed E-state index contributed by atoms with van der Waals surface area (Å²) in [7, 11) is -17.2. The molecule has 0 aliphatic heterocycles. The van der Waals surface area contributed by atoms with Crippen molar-refractivity contribution in [2.45, 2.75) is 253 Å². The van der Waals surface area contributed by atoms with Gasteiger partial charge in [0.15, 0.2) is 0 Å². The van der Waals surface area contributed by atoms with Crippen LogP contribution in [0.2, 0.25) is 0 Å². The van der Waals surface area contributed by atoms with Crippen LogP contribution in [-0.2, 0) is 40.5 Å². The highest BCUT2D eigenvalue weighted by molar-refractivity contribution is 7.87. The van der Waals surface area contributed by atoms with Gasteiger partial charge in [0.05, 0.1) is 21.0 Å². The zero-order valence-electron chi connectivity index (χ0n) is 64.5. The average Bonchev–Trinajstić information content (AvgIpc) is 0.661. The number of rotatable bonds is 9. The van der Waals surface area contributed by atoms with Gasteiger partial charge in [0.1, 0.15) is 0 Å². The smallest absolute Gasteiger partial charge is 0.268 e. The molecule has 0 aromatic heterocycles. The lowest BCUT2D eigenvalue weighted by Crippen LogP contribution is -2.76. The summed E-state index contributed by atoms with van der Waals surface area (Å²) in [6.07, 6.45) is 41.0. The first kappa shape index (κ1) is 69.7. The lowest BCUT2D eigenvalue weighted by molar-refractivity contribution is -0.315. The van der Waals surface area contributed by atoms with Gasteiger partial charge >= 0.3 is 0 Å². The van der Waals surface area contributed by atoms with E-state index in [0.717, 1.165) is 102 Å². The van der Waals surface area contributed by atoms with E-state index in [1.807, 2.05) is 0 Å². The quantitative estimate of drug-likeness (QED) is 0.159. The molecule has 54 atom stereocenters. The summed E-state index contributed by atoms with van der Waals surface area (Å²) in [5, 5.41) is -2.68. The summed E-state index contributed by atoms with van der Waals surface area (Å²) in [5.41, 5.74) is 0. The summed E-state index contributed by atoms with van der Waals surface area (Å²) >= 11 is 0. The van der Waals surface area contributed by atoms with Crippen molar-refractivity contribution in [1.29, 1.82) is 0 Å². The number of hydrogen-bond acceptors (Lipinski definition) is 8. The summed E-state index contributed by atoms with van der Waals surface area (Å²) in [5.74, 6) is 24.2. The summed E-state index contributed by atoms with van der Waals surface area (Å²) in [4.78, 5) is 0. The Labute approximate surface area is 643 Å². The predicted octanol–water partition coefficient (Wildman–Crippen LogP) is 17.7. The fraction of sp³-hybridized carbons (Fsp3) is 0.989. The van der Waals surface area contributed by atoms with Crippen LogP contribution in [0.15, 0.2) is 0 Å². The zero-order valence-corrected chi connectivity index (χ0v) is 67.7. The van der Waals surface area contributed by atoms with Crippen LogP contribution < -0.4 is 0 Å². The Morgan fingerprint density at radius 1 is 0.243 bits per heavy atom. The molecule has 25 aliphatic rings. The Morgan fingerprint density at radius 3 is 1.38 bits per heavy atom. The van der Waals surface area contributed by atoms with Gasteiger partial charge in [-0.2, -0.15) is 33.7 Å². The molecule has 0 bridgehead atoms. The number of hydrogen-bond donors (Lipinski definition) is 4. The summed E-state index contributed by atoms with van der Waals surface area (Å²) < 4.78 is 163. The normalized spacial score (nSPS) is 64.0. The van der Waals surface area contributed by atoms with E-state index in [1.54, 1.807) is 0 Å². The Kier molecular flexibility index (Phi) is 15.5. The molecule has 0 heterocycles. The van der Waals surface area contributed by atoms with Crippen molar-refractivity contribution in [3.05, 3.63) is 6.42 Å². The SMILES string of the molecule is CCCC1CCCC2C1CC1C3CC4[CH]CC5CCC6C7CC8C9CCC%10CC(S(=O)(=O)O)C%11CCC%12CC(C%13CCC%14C%15CCCC%16C(CCC)CC%17C(C%16%15)C%15C(CCC%13C%14%15)CC%17S(=O)(=O)O)C%13CCC(C8C8CC(S(=O)(=O)O)C%14CC%15CC(CC1C2S(=O)(=O)O)C3C1C4C5C6C(C%151)C%14C78)C1C%13C%12C%11C%10C91. The molecule has 12 nitrogen and oxygen atoms in total. The molecule has 1 radical (unpaired) electrons. The van der Waals surface area contributed by atoms with Crippen LogP contribution in [0.25, 0.3) is 0 Å². The van der Waals surface area contributed by atoms with Crippen LogP contribution in [0.4, 0.5) is 0 Å². The van der Waals surface area contributed by atoms with Crippen molar-refractivity contribution in [2.24, 2.45) is 296 Å². The molecule has 54 unspecified atom stereocenters. The molecule has 0 spiro atoms. The van der Waals surface area contributed by atoms with Crippen molar-refractivity contribution in [2.75, 3.05) is 0 Å². The first-order valence-electron chi connectivity index (χ1n) is 47.2. The molecule has 0 amide bonds. The maximum absolute atomic E-state index is 15.3.